The number of hydrogen-bond acceptors (Lipinski definition) is 2. The van der Waals surface area contributed by atoms with Gasteiger partial charge < -0.3 is 4.90 Å². The zero-order valence-corrected chi connectivity index (χ0v) is 11.0. The first-order valence-corrected chi connectivity index (χ1v) is 6.62. The van der Waals surface area contributed by atoms with Crippen LogP contribution in [0.5, 0.6) is 0 Å². The molecule has 1 saturated heterocycles. The average Bonchev–Trinajstić information content (AvgIpc) is 2.49. The van der Waals surface area contributed by atoms with Crippen molar-refractivity contribution in [2.24, 2.45) is 11.8 Å². The summed E-state index contributed by atoms with van der Waals surface area (Å²) >= 11 is 0. The summed E-state index contributed by atoms with van der Waals surface area (Å²) in [6.45, 7) is 1.86. The molecule has 1 rings (SSSR count). The van der Waals surface area contributed by atoms with E-state index in [1.54, 1.807) is 0 Å². The SMILES string of the molecule is CCCC1CCC(=O)N(CC(C#N)C(F)(F)F)CC1. The first-order chi connectivity index (χ1) is 8.88. The zero-order valence-electron chi connectivity index (χ0n) is 11.0. The number of carbonyl (C=O) groups excluding carboxylic acids is 1. The minimum absolute atomic E-state index is 0.261. The Morgan fingerprint density at radius 1 is 1.47 bits per heavy atom. The van der Waals surface area contributed by atoms with Crippen LogP contribution in [0.4, 0.5) is 13.2 Å². The van der Waals surface area contributed by atoms with Crippen molar-refractivity contribution in [2.75, 3.05) is 13.1 Å². The quantitative estimate of drug-likeness (QED) is 0.792. The zero-order chi connectivity index (χ0) is 14.5. The standard InChI is InChI=1S/C13H19F3N2O/c1-2-3-10-4-5-12(19)18(7-6-10)9-11(8-17)13(14,15)16/h10-11H,2-7,9H2,1H3. The molecule has 0 aliphatic carbocycles. The third kappa shape index (κ3) is 4.73. The molecule has 108 valence electrons. The van der Waals surface area contributed by atoms with E-state index in [1.165, 1.54) is 11.0 Å². The van der Waals surface area contributed by atoms with Crippen molar-refractivity contribution in [2.45, 2.75) is 45.2 Å². The van der Waals surface area contributed by atoms with E-state index in [-0.39, 0.29) is 5.91 Å². The Balaban J connectivity index is 2.63. The molecule has 1 heterocycles. The molecule has 3 nitrogen and oxygen atoms in total. The van der Waals surface area contributed by atoms with Crippen molar-refractivity contribution in [1.82, 2.24) is 4.90 Å². The molecule has 1 aliphatic heterocycles. The molecule has 0 bridgehead atoms. The number of likely N-dealkylation sites (tertiary alicyclic amines) is 1. The van der Waals surface area contributed by atoms with Crippen LogP contribution < -0.4 is 0 Å². The fraction of sp³-hybridized carbons (Fsp3) is 0.846. The lowest BCUT2D eigenvalue weighted by molar-refractivity contribution is -0.165. The van der Waals surface area contributed by atoms with E-state index >= 15 is 0 Å². The van der Waals surface area contributed by atoms with Crippen molar-refractivity contribution in [1.29, 1.82) is 5.26 Å². The van der Waals surface area contributed by atoms with Gasteiger partial charge >= 0.3 is 6.18 Å². The van der Waals surface area contributed by atoms with E-state index < -0.39 is 18.6 Å². The summed E-state index contributed by atoms with van der Waals surface area (Å²) in [5.74, 6) is -1.94. The molecule has 0 N–H and O–H groups in total. The molecule has 0 radical (unpaired) electrons. The van der Waals surface area contributed by atoms with Crippen molar-refractivity contribution in [3.05, 3.63) is 0 Å². The average molecular weight is 276 g/mol. The molecule has 0 spiro atoms. The third-order valence-corrected chi connectivity index (χ3v) is 3.58. The van der Waals surface area contributed by atoms with Crippen molar-refractivity contribution >= 4 is 5.91 Å². The molecule has 1 amide bonds. The highest BCUT2D eigenvalue weighted by atomic mass is 19.4. The van der Waals surface area contributed by atoms with Crippen LogP contribution in [-0.4, -0.2) is 30.1 Å². The smallest absolute Gasteiger partial charge is 0.341 e. The van der Waals surface area contributed by atoms with Gasteiger partial charge in [0.2, 0.25) is 5.91 Å². The molecular formula is C13H19F3N2O. The molecule has 0 aromatic carbocycles. The summed E-state index contributed by atoms with van der Waals surface area (Å²) in [4.78, 5) is 13.0. The fourth-order valence-electron chi connectivity index (χ4n) is 2.42. The number of rotatable bonds is 4. The largest absolute Gasteiger partial charge is 0.406 e. The molecule has 2 atom stereocenters. The minimum atomic E-state index is -4.57. The molecular weight excluding hydrogens is 257 g/mol. The summed E-state index contributed by atoms with van der Waals surface area (Å²) in [6, 6.07) is 1.25. The fourth-order valence-corrected chi connectivity index (χ4v) is 2.42. The van der Waals surface area contributed by atoms with Crippen molar-refractivity contribution < 1.29 is 18.0 Å². The van der Waals surface area contributed by atoms with Crippen LogP contribution in [0.25, 0.3) is 0 Å². The minimum Gasteiger partial charge on any atom is -0.341 e. The highest BCUT2D eigenvalue weighted by Crippen LogP contribution is 2.28. The van der Waals surface area contributed by atoms with Gasteiger partial charge in [0, 0.05) is 19.5 Å². The maximum atomic E-state index is 12.5. The molecule has 1 aliphatic rings. The predicted molar refractivity (Wildman–Crippen MR) is 64.0 cm³/mol. The van der Waals surface area contributed by atoms with Gasteiger partial charge in [0.05, 0.1) is 6.07 Å². The van der Waals surface area contributed by atoms with Gasteiger partial charge in [0.25, 0.3) is 0 Å². The number of nitrogens with zero attached hydrogens (tertiary/aromatic N) is 2. The van der Waals surface area contributed by atoms with Gasteiger partial charge in [-0.15, -0.1) is 0 Å². The van der Waals surface area contributed by atoms with Gasteiger partial charge in [-0.3, -0.25) is 4.79 Å². The normalized spacial score (nSPS) is 22.8. The van der Waals surface area contributed by atoms with Crippen LogP contribution in [0.2, 0.25) is 0 Å². The van der Waals surface area contributed by atoms with Gasteiger partial charge in [-0.05, 0) is 18.8 Å². The summed E-state index contributed by atoms with van der Waals surface area (Å²) in [5, 5.41) is 8.58. The number of amides is 1. The van der Waals surface area contributed by atoms with Crippen molar-refractivity contribution in [3.63, 3.8) is 0 Å². The molecule has 2 unspecified atom stereocenters. The van der Waals surface area contributed by atoms with Crippen LogP contribution in [0.1, 0.15) is 39.0 Å². The van der Waals surface area contributed by atoms with E-state index in [0.717, 1.165) is 25.7 Å². The second kappa shape index (κ2) is 6.78. The maximum absolute atomic E-state index is 12.5. The van der Waals surface area contributed by atoms with Crippen LogP contribution in [0, 0.1) is 23.2 Å². The highest BCUT2D eigenvalue weighted by molar-refractivity contribution is 5.76. The number of carbonyl (C=O) groups is 1. The van der Waals surface area contributed by atoms with Crippen molar-refractivity contribution in [3.8, 4) is 6.07 Å². The van der Waals surface area contributed by atoms with Gasteiger partial charge in [0.1, 0.15) is 0 Å². The summed E-state index contributed by atoms with van der Waals surface area (Å²) in [5.41, 5.74) is 0. The van der Waals surface area contributed by atoms with Gasteiger partial charge in [-0.25, -0.2) is 0 Å². The second-order valence-electron chi connectivity index (χ2n) is 5.05. The summed E-state index contributed by atoms with van der Waals surface area (Å²) in [7, 11) is 0. The van der Waals surface area contributed by atoms with Gasteiger partial charge in [-0.2, -0.15) is 18.4 Å². The molecule has 0 saturated carbocycles. The summed E-state index contributed by atoms with van der Waals surface area (Å²) in [6.07, 6.45) is -0.781. The lowest BCUT2D eigenvalue weighted by Crippen LogP contribution is -2.39. The highest BCUT2D eigenvalue weighted by Gasteiger charge is 2.41. The Hall–Kier alpha value is -1.25. The van der Waals surface area contributed by atoms with Crippen LogP contribution in [-0.2, 0) is 4.79 Å². The van der Waals surface area contributed by atoms with E-state index in [9.17, 15) is 18.0 Å². The molecule has 0 aromatic rings. The predicted octanol–water partition coefficient (Wildman–Crippen LogP) is 3.12. The monoisotopic (exact) mass is 276 g/mol. The number of alkyl halides is 3. The number of halogens is 3. The van der Waals surface area contributed by atoms with Gasteiger partial charge in [0.15, 0.2) is 5.92 Å². The molecule has 19 heavy (non-hydrogen) atoms. The number of hydrogen-bond donors (Lipinski definition) is 0. The Morgan fingerprint density at radius 3 is 2.68 bits per heavy atom. The molecule has 6 heteroatoms. The third-order valence-electron chi connectivity index (χ3n) is 3.58. The first-order valence-electron chi connectivity index (χ1n) is 6.62. The Labute approximate surface area is 111 Å². The lowest BCUT2D eigenvalue weighted by atomic mass is 9.96. The van der Waals surface area contributed by atoms with E-state index in [4.69, 9.17) is 5.26 Å². The second-order valence-corrected chi connectivity index (χ2v) is 5.05. The Kier molecular flexibility index (Phi) is 5.64. The van der Waals surface area contributed by atoms with E-state index in [0.29, 0.717) is 18.9 Å². The summed E-state index contributed by atoms with van der Waals surface area (Å²) < 4.78 is 37.6. The van der Waals surface area contributed by atoms with Crippen LogP contribution in [0.15, 0.2) is 0 Å². The van der Waals surface area contributed by atoms with Crippen LogP contribution >= 0.6 is 0 Å². The molecule has 0 aromatic heterocycles. The van der Waals surface area contributed by atoms with Crippen LogP contribution in [0.3, 0.4) is 0 Å². The van der Waals surface area contributed by atoms with E-state index in [1.807, 2.05) is 0 Å². The number of nitriles is 1. The Bertz CT molecular complexity index is 349. The molecule has 1 fully saturated rings. The lowest BCUT2D eigenvalue weighted by Gasteiger charge is -2.24. The Morgan fingerprint density at radius 2 is 2.16 bits per heavy atom. The first kappa shape index (κ1) is 15.8. The van der Waals surface area contributed by atoms with Gasteiger partial charge in [-0.1, -0.05) is 19.8 Å². The maximum Gasteiger partial charge on any atom is 0.406 e. The van der Waals surface area contributed by atoms with E-state index in [2.05, 4.69) is 6.92 Å². The topological polar surface area (TPSA) is 44.1 Å².